The van der Waals surface area contributed by atoms with Crippen molar-refractivity contribution in [2.45, 2.75) is 13.8 Å². The van der Waals surface area contributed by atoms with Crippen molar-refractivity contribution in [1.82, 2.24) is 0 Å². The standard InChI is InChI=1S/C16H16ClNO3/c1-3-20-16(19)13-9-12(18)5-7-15(13)21-14-6-4-11(17)8-10(14)2/h4-9H,3,18H2,1-2H3. The van der Waals surface area contributed by atoms with Crippen molar-refractivity contribution in [3.8, 4) is 11.5 Å². The van der Waals surface area contributed by atoms with Gasteiger partial charge in [0.1, 0.15) is 17.1 Å². The number of halogens is 1. The predicted molar refractivity (Wildman–Crippen MR) is 83.1 cm³/mol. The van der Waals surface area contributed by atoms with E-state index in [0.29, 0.717) is 27.8 Å². The van der Waals surface area contributed by atoms with Crippen LogP contribution in [0.25, 0.3) is 0 Å². The van der Waals surface area contributed by atoms with Crippen LogP contribution in [0.1, 0.15) is 22.8 Å². The lowest BCUT2D eigenvalue weighted by Crippen LogP contribution is -2.07. The van der Waals surface area contributed by atoms with Crippen LogP contribution in [0.5, 0.6) is 11.5 Å². The maximum atomic E-state index is 12.0. The molecule has 5 heteroatoms. The molecule has 110 valence electrons. The molecule has 0 radical (unpaired) electrons. The Kier molecular flexibility index (Phi) is 4.70. The molecule has 0 saturated heterocycles. The van der Waals surface area contributed by atoms with E-state index in [1.54, 1.807) is 43.3 Å². The zero-order chi connectivity index (χ0) is 15.4. The molecular weight excluding hydrogens is 290 g/mol. The van der Waals surface area contributed by atoms with E-state index in [4.69, 9.17) is 26.8 Å². The van der Waals surface area contributed by atoms with Crippen LogP contribution in [0, 0.1) is 6.92 Å². The minimum Gasteiger partial charge on any atom is -0.462 e. The Morgan fingerprint density at radius 2 is 1.90 bits per heavy atom. The molecule has 0 heterocycles. The highest BCUT2D eigenvalue weighted by Gasteiger charge is 2.15. The first-order valence-electron chi connectivity index (χ1n) is 6.52. The SMILES string of the molecule is CCOC(=O)c1cc(N)ccc1Oc1ccc(Cl)cc1C. The molecule has 0 aromatic heterocycles. The number of nitrogens with two attached hydrogens (primary N) is 1. The van der Waals surface area contributed by atoms with Gasteiger partial charge in [0.05, 0.1) is 6.61 Å². The lowest BCUT2D eigenvalue weighted by molar-refractivity contribution is 0.0523. The molecule has 0 atom stereocenters. The van der Waals surface area contributed by atoms with Crippen LogP contribution < -0.4 is 10.5 Å². The highest BCUT2D eigenvalue weighted by molar-refractivity contribution is 6.30. The molecule has 2 aromatic rings. The van der Waals surface area contributed by atoms with Gasteiger partial charge in [-0.3, -0.25) is 0 Å². The molecule has 2 N–H and O–H groups in total. The van der Waals surface area contributed by atoms with Gasteiger partial charge in [-0.1, -0.05) is 11.6 Å². The molecule has 0 spiro atoms. The summed E-state index contributed by atoms with van der Waals surface area (Å²) in [6.45, 7) is 3.91. The van der Waals surface area contributed by atoms with Gasteiger partial charge >= 0.3 is 5.97 Å². The summed E-state index contributed by atoms with van der Waals surface area (Å²) in [5.41, 5.74) is 7.36. The number of carbonyl (C=O) groups is 1. The summed E-state index contributed by atoms with van der Waals surface area (Å²) in [5.74, 6) is 0.550. The number of esters is 1. The van der Waals surface area contributed by atoms with Crippen molar-refractivity contribution < 1.29 is 14.3 Å². The van der Waals surface area contributed by atoms with E-state index in [9.17, 15) is 4.79 Å². The minimum atomic E-state index is -0.466. The number of rotatable bonds is 4. The highest BCUT2D eigenvalue weighted by atomic mass is 35.5. The fourth-order valence-electron chi connectivity index (χ4n) is 1.85. The number of hydrogen-bond donors (Lipinski definition) is 1. The molecule has 2 aromatic carbocycles. The molecular formula is C16H16ClNO3. The van der Waals surface area contributed by atoms with E-state index in [1.807, 2.05) is 6.92 Å². The van der Waals surface area contributed by atoms with Crippen molar-refractivity contribution in [1.29, 1.82) is 0 Å². The van der Waals surface area contributed by atoms with Crippen LogP contribution in [0.3, 0.4) is 0 Å². The Morgan fingerprint density at radius 3 is 2.57 bits per heavy atom. The lowest BCUT2D eigenvalue weighted by Gasteiger charge is -2.13. The summed E-state index contributed by atoms with van der Waals surface area (Å²) in [6.07, 6.45) is 0. The normalized spacial score (nSPS) is 10.2. The fourth-order valence-corrected chi connectivity index (χ4v) is 2.08. The summed E-state index contributed by atoms with van der Waals surface area (Å²) in [4.78, 5) is 12.0. The molecule has 0 saturated carbocycles. The quantitative estimate of drug-likeness (QED) is 0.679. The van der Waals surface area contributed by atoms with Gasteiger partial charge in [0.25, 0.3) is 0 Å². The number of benzene rings is 2. The van der Waals surface area contributed by atoms with Crippen LogP contribution in [0.15, 0.2) is 36.4 Å². The maximum Gasteiger partial charge on any atom is 0.342 e. The maximum absolute atomic E-state index is 12.0. The molecule has 2 rings (SSSR count). The smallest absolute Gasteiger partial charge is 0.342 e. The Balaban J connectivity index is 2.37. The molecule has 0 amide bonds. The van der Waals surface area contributed by atoms with Crippen molar-refractivity contribution >= 4 is 23.3 Å². The van der Waals surface area contributed by atoms with E-state index in [2.05, 4.69) is 0 Å². The Labute approximate surface area is 128 Å². The first-order valence-corrected chi connectivity index (χ1v) is 6.89. The number of aryl methyl sites for hydroxylation is 1. The number of nitrogen functional groups attached to an aromatic ring is 1. The Hall–Kier alpha value is -2.20. The Morgan fingerprint density at radius 1 is 1.19 bits per heavy atom. The van der Waals surface area contributed by atoms with E-state index in [1.165, 1.54) is 0 Å². The Bertz CT molecular complexity index is 671. The van der Waals surface area contributed by atoms with Crippen molar-refractivity contribution in [2.75, 3.05) is 12.3 Å². The van der Waals surface area contributed by atoms with Gasteiger partial charge in [-0.15, -0.1) is 0 Å². The van der Waals surface area contributed by atoms with Gasteiger partial charge < -0.3 is 15.2 Å². The molecule has 0 fully saturated rings. The average Bonchev–Trinajstić information content (AvgIpc) is 2.43. The molecule has 0 bridgehead atoms. The summed E-state index contributed by atoms with van der Waals surface area (Å²) in [5, 5.41) is 0.628. The van der Waals surface area contributed by atoms with Gasteiger partial charge in [0, 0.05) is 10.7 Å². The average molecular weight is 306 g/mol. The molecule has 0 aliphatic carbocycles. The third-order valence-corrected chi connectivity index (χ3v) is 3.09. The van der Waals surface area contributed by atoms with Crippen LogP contribution >= 0.6 is 11.6 Å². The largest absolute Gasteiger partial charge is 0.462 e. The third kappa shape index (κ3) is 3.67. The first kappa shape index (κ1) is 15.2. The van der Waals surface area contributed by atoms with Gasteiger partial charge in [0.15, 0.2) is 0 Å². The van der Waals surface area contributed by atoms with Crippen LogP contribution in [-0.2, 0) is 4.74 Å². The topological polar surface area (TPSA) is 61.5 Å². The summed E-state index contributed by atoms with van der Waals surface area (Å²) in [7, 11) is 0. The van der Waals surface area contributed by atoms with Crippen molar-refractivity contribution in [2.24, 2.45) is 0 Å². The predicted octanol–water partition coefficient (Wildman–Crippen LogP) is 4.20. The fraction of sp³-hybridized carbons (Fsp3) is 0.188. The highest BCUT2D eigenvalue weighted by Crippen LogP contribution is 2.31. The zero-order valence-electron chi connectivity index (χ0n) is 11.9. The second-order valence-corrected chi connectivity index (χ2v) is 4.92. The second kappa shape index (κ2) is 6.50. The van der Waals surface area contributed by atoms with Crippen molar-refractivity contribution in [3.05, 3.63) is 52.5 Å². The van der Waals surface area contributed by atoms with E-state index >= 15 is 0 Å². The molecule has 0 unspecified atom stereocenters. The van der Waals surface area contributed by atoms with E-state index in [0.717, 1.165) is 5.56 Å². The van der Waals surface area contributed by atoms with Crippen LogP contribution in [-0.4, -0.2) is 12.6 Å². The van der Waals surface area contributed by atoms with Gasteiger partial charge in [0.2, 0.25) is 0 Å². The van der Waals surface area contributed by atoms with Gasteiger partial charge in [-0.25, -0.2) is 4.79 Å². The van der Waals surface area contributed by atoms with Crippen LogP contribution in [0.2, 0.25) is 5.02 Å². The summed E-state index contributed by atoms with van der Waals surface area (Å²) >= 11 is 5.92. The van der Waals surface area contributed by atoms with E-state index in [-0.39, 0.29) is 6.61 Å². The lowest BCUT2D eigenvalue weighted by atomic mass is 10.1. The first-order chi connectivity index (χ1) is 10.0. The summed E-state index contributed by atoms with van der Waals surface area (Å²) < 4.78 is 10.8. The zero-order valence-corrected chi connectivity index (χ0v) is 12.6. The summed E-state index contributed by atoms with van der Waals surface area (Å²) in [6, 6.07) is 10.1. The van der Waals surface area contributed by atoms with E-state index < -0.39 is 5.97 Å². The number of anilines is 1. The van der Waals surface area contributed by atoms with Crippen molar-refractivity contribution in [3.63, 3.8) is 0 Å². The second-order valence-electron chi connectivity index (χ2n) is 4.49. The third-order valence-electron chi connectivity index (χ3n) is 2.86. The number of hydrogen-bond acceptors (Lipinski definition) is 4. The minimum absolute atomic E-state index is 0.285. The number of carbonyl (C=O) groups excluding carboxylic acids is 1. The molecule has 21 heavy (non-hydrogen) atoms. The molecule has 0 aliphatic rings. The monoisotopic (exact) mass is 305 g/mol. The molecule has 4 nitrogen and oxygen atoms in total. The van der Waals surface area contributed by atoms with Gasteiger partial charge in [-0.2, -0.15) is 0 Å². The van der Waals surface area contributed by atoms with Gasteiger partial charge in [-0.05, 0) is 55.8 Å². The van der Waals surface area contributed by atoms with Crippen LogP contribution in [0.4, 0.5) is 5.69 Å². The molecule has 0 aliphatic heterocycles. The number of ether oxygens (including phenoxy) is 2.